The van der Waals surface area contributed by atoms with Gasteiger partial charge in [-0.3, -0.25) is 10.1 Å². The van der Waals surface area contributed by atoms with Crippen molar-refractivity contribution >= 4 is 67.2 Å². The SMILES string of the molecule is CC(C)(C)c1cc(C(=O)N2CCNS(=O)(=O)CC2)c(NC(=O)Nc2ccc(Cl)c(Cl)c2)s1. The second-order valence-electron chi connectivity index (χ2n) is 8.32. The normalized spacial score (nSPS) is 16.3. The van der Waals surface area contributed by atoms with Gasteiger partial charge in [0.1, 0.15) is 5.00 Å². The number of carbonyl (C=O) groups excluding carboxylic acids is 2. The van der Waals surface area contributed by atoms with Gasteiger partial charge >= 0.3 is 6.03 Å². The van der Waals surface area contributed by atoms with Crippen molar-refractivity contribution in [3.63, 3.8) is 0 Å². The number of carbonyl (C=O) groups is 2. The van der Waals surface area contributed by atoms with E-state index in [1.54, 1.807) is 18.2 Å². The maximum Gasteiger partial charge on any atom is 0.324 e. The second kappa shape index (κ2) is 9.56. The highest BCUT2D eigenvalue weighted by atomic mass is 35.5. The van der Waals surface area contributed by atoms with E-state index < -0.39 is 16.1 Å². The van der Waals surface area contributed by atoms with Crippen LogP contribution < -0.4 is 15.4 Å². The third-order valence-corrected chi connectivity index (χ3v) is 8.31. The summed E-state index contributed by atoms with van der Waals surface area (Å²) in [5, 5.41) is 6.48. The van der Waals surface area contributed by atoms with Crippen molar-refractivity contribution in [3.8, 4) is 0 Å². The fourth-order valence-corrected chi connectivity index (χ4v) is 5.38. The molecule has 1 aromatic carbocycles. The molecule has 3 rings (SSSR count). The first-order chi connectivity index (χ1) is 14.9. The number of anilines is 2. The van der Waals surface area contributed by atoms with E-state index in [2.05, 4.69) is 15.4 Å². The second-order valence-corrected chi connectivity index (χ2v) is 12.1. The summed E-state index contributed by atoms with van der Waals surface area (Å²) < 4.78 is 26.1. The summed E-state index contributed by atoms with van der Waals surface area (Å²) >= 11 is 13.2. The molecule has 1 aliphatic rings. The van der Waals surface area contributed by atoms with E-state index in [0.29, 0.717) is 26.3 Å². The van der Waals surface area contributed by atoms with Crippen molar-refractivity contribution in [2.45, 2.75) is 26.2 Å². The van der Waals surface area contributed by atoms with Crippen LogP contribution in [-0.4, -0.2) is 50.6 Å². The zero-order chi connectivity index (χ0) is 23.7. The van der Waals surface area contributed by atoms with Crippen molar-refractivity contribution in [2.75, 3.05) is 36.0 Å². The molecule has 0 aliphatic carbocycles. The molecule has 1 fully saturated rings. The zero-order valence-corrected chi connectivity index (χ0v) is 20.9. The molecule has 0 unspecified atom stereocenters. The van der Waals surface area contributed by atoms with Crippen LogP contribution in [0.3, 0.4) is 0 Å². The van der Waals surface area contributed by atoms with Gasteiger partial charge in [0.15, 0.2) is 0 Å². The molecule has 0 spiro atoms. The van der Waals surface area contributed by atoms with Gasteiger partial charge in [-0.1, -0.05) is 44.0 Å². The molecule has 1 saturated heterocycles. The summed E-state index contributed by atoms with van der Waals surface area (Å²) in [4.78, 5) is 28.3. The van der Waals surface area contributed by atoms with E-state index in [4.69, 9.17) is 23.2 Å². The number of rotatable bonds is 3. The lowest BCUT2D eigenvalue weighted by atomic mass is 9.94. The predicted molar refractivity (Wildman–Crippen MR) is 130 cm³/mol. The number of hydrogen-bond donors (Lipinski definition) is 3. The maximum atomic E-state index is 13.3. The lowest BCUT2D eigenvalue weighted by molar-refractivity contribution is 0.0773. The summed E-state index contributed by atoms with van der Waals surface area (Å²) in [6.07, 6.45) is 0. The van der Waals surface area contributed by atoms with Gasteiger partial charge in [0.2, 0.25) is 10.0 Å². The van der Waals surface area contributed by atoms with E-state index in [-0.39, 0.29) is 36.7 Å². The van der Waals surface area contributed by atoms with Crippen molar-refractivity contribution in [1.82, 2.24) is 9.62 Å². The molecule has 0 atom stereocenters. The largest absolute Gasteiger partial charge is 0.336 e. The molecule has 0 bridgehead atoms. The molecule has 2 heterocycles. The number of sulfonamides is 1. The lowest BCUT2D eigenvalue weighted by Gasteiger charge is -2.19. The molecule has 174 valence electrons. The highest BCUT2D eigenvalue weighted by Crippen LogP contribution is 2.37. The minimum absolute atomic E-state index is 0.0732. The van der Waals surface area contributed by atoms with Gasteiger partial charge in [0.25, 0.3) is 5.91 Å². The molecule has 8 nitrogen and oxygen atoms in total. The number of nitrogens with one attached hydrogen (secondary N) is 3. The molecule has 12 heteroatoms. The number of hydrogen-bond acceptors (Lipinski definition) is 5. The first-order valence-electron chi connectivity index (χ1n) is 9.80. The van der Waals surface area contributed by atoms with Gasteiger partial charge in [-0.15, -0.1) is 11.3 Å². The summed E-state index contributed by atoms with van der Waals surface area (Å²) in [5.74, 6) is -0.504. The summed E-state index contributed by atoms with van der Waals surface area (Å²) in [7, 11) is -3.40. The standard InChI is InChI=1S/C20H24Cl2N4O4S2/c1-20(2,3)16-11-13(18(27)26-7-6-23-32(29,30)9-8-26)17(31-16)25-19(28)24-12-4-5-14(21)15(22)10-12/h4-5,10-11,23H,6-9H2,1-3H3,(H2,24,25,28). The van der Waals surface area contributed by atoms with Gasteiger partial charge in [0, 0.05) is 30.2 Å². The van der Waals surface area contributed by atoms with Gasteiger partial charge in [-0.25, -0.2) is 17.9 Å². The molecule has 32 heavy (non-hydrogen) atoms. The van der Waals surface area contributed by atoms with Crippen molar-refractivity contribution in [2.24, 2.45) is 0 Å². The Balaban J connectivity index is 1.84. The Kier molecular flexibility index (Phi) is 7.41. The molecule has 3 N–H and O–H groups in total. The molecule has 2 aromatic rings. The Morgan fingerprint density at radius 3 is 2.47 bits per heavy atom. The smallest absolute Gasteiger partial charge is 0.324 e. The average molecular weight is 519 g/mol. The lowest BCUT2D eigenvalue weighted by Crippen LogP contribution is -2.35. The van der Waals surface area contributed by atoms with Crippen LogP contribution in [0.2, 0.25) is 10.0 Å². The minimum Gasteiger partial charge on any atom is -0.336 e. The fourth-order valence-electron chi connectivity index (χ4n) is 2.98. The summed E-state index contributed by atoms with van der Waals surface area (Å²) in [5.41, 5.74) is 0.522. The van der Waals surface area contributed by atoms with E-state index in [0.717, 1.165) is 4.88 Å². The van der Waals surface area contributed by atoms with Crippen LogP contribution in [0.4, 0.5) is 15.5 Å². The molecular weight excluding hydrogens is 495 g/mol. The summed E-state index contributed by atoms with van der Waals surface area (Å²) in [6, 6.07) is 5.92. The number of urea groups is 1. The highest BCUT2D eigenvalue weighted by Gasteiger charge is 2.29. The number of benzene rings is 1. The highest BCUT2D eigenvalue weighted by molar-refractivity contribution is 7.89. The molecule has 3 amide bonds. The van der Waals surface area contributed by atoms with Crippen LogP contribution in [0.15, 0.2) is 24.3 Å². The number of halogens is 2. The predicted octanol–water partition coefficient (Wildman–Crippen LogP) is 4.37. The third kappa shape index (κ3) is 6.14. The minimum atomic E-state index is -3.40. The van der Waals surface area contributed by atoms with Crippen molar-refractivity contribution in [3.05, 3.63) is 44.8 Å². The first kappa shape index (κ1) is 24.8. The number of thiophene rings is 1. The van der Waals surface area contributed by atoms with Gasteiger partial charge < -0.3 is 10.2 Å². The Morgan fingerprint density at radius 1 is 1.09 bits per heavy atom. The Morgan fingerprint density at radius 2 is 1.81 bits per heavy atom. The van der Waals surface area contributed by atoms with Gasteiger partial charge in [-0.2, -0.15) is 0 Å². The van der Waals surface area contributed by atoms with E-state index in [1.807, 2.05) is 20.8 Å². The quantitative estimate of drug-likeness (QED) is 0.560. The molecular formula is C20H24Cl2N4O4S2. The van der Waals surface area contributed by atoms with Crippen LogP contribution in [0.25, 0.3) is 0 Å². The Hall–Kier alpha value is -1.85. The average Bonchev–Trinajstić information content (AvgIpc) is 3.02. The van der Waals surface area contributed by atoms with Gasteiger partial charge in [0.05, 0.1) is 21.4 Å². The first-order valence-corrected chi connectivity index (χ1v) is 13.0. The van der Waals surface area contributed by atoms with Crippen molar-refractivity contribution < 1.29 is 18.0 Å². The van der Waals surface area contributed by atoms with Crippen LogP contribution in [0.5, 0.6) is 0 Å². The monoisotopic (exact) mass is 518 g/mol. The topological polar surface area (TPSA) is 108 Å². The zero-order valence-electron chi connectivity index (χ0n) is 17.8. The van der Waals surface area contributed by atoms with Crippen LogP contribution >= 0.6 is 34.5 Å². The molecule has 0 saturated carbocycles. The van der Waals surface area contributed by atoms with Gasteiger partial charge in [-0.05, 0) is 29.7 Å². The summed E-state index contributed by atoms with van der Waals surface area (Å²) in [6.45, 7) is 6.49. The van der Waals surface area contributed by atoms with Crippen LogP contribution in [0, 0.1) is 0 Å². The molecule has 1 aliphatic heterocycles. The Labute approximate surface area is 201 Å². The number of nitrogens with zero attached hydrogens (tertiary/aromatic N) is 1. The molecule has 1 aromatic heterocycles. The van der Waals surface area contributed by atoms with E-state index >= 15 is 0 Å². The number of amides is 3. The van der Waals surface area contributed by atoms with E-state index in [1.165, 1.54) is 22.3 Å². The van der Waals surface area contributed by atoms with Crippen LogP contribution in [-0.2, 0) is 15.4 Å². The van der Waals surface area contributed by atoms with E-state index in [9.17, 15) is 18.0 Å². The van der Waals surface area contributed by atoms with Crippen LogP contribution in [0.1, 0.15) is 36.0 Å². The third-order valence-electron chi connectivity index (χ3n) is 4.73. The maximum absolute atomic E-state index is 13.3. The van der Waals surface area contributed by atoms with Crippen molar-refractivity contribution in [1.29, 1.82) is 0 Å². The molecule has 0 radical (unpaired) electrons. The fraction of sp³-hybridized carbons (Fsp3) is 0.400. The Bertz CT molecular complexity index is 1140.